The Morgan fingerprint density at radius 3 is 2.92 bits per heavy atom. The molecule has 3 N–H and O–H groups in total. The summed E-state index contributed by atoms with van der Waals surface area (Å²) in [5.74, 6) is -1.59. The number of nitrogens with one attached hydrogen (secondary N) is 2. The Balaban J connectivity index is 2.18. The van der Waals surface area contributed by atoms with Gasteiger partial charge in [0.15, 0.2) is 0 Å². The van der Waals surface area contributed by atoms with Crippen molar-refractivity contribution in [1.29, 1.82) is 0 Å². The van der Waals surface area contributed by atoms with Crippen LogP contribution in [-0.2, 0) is 16.0 Å². The summed E-state index contributed by atoms with van der Waals surface area (Å²) in [5.41, 5.74) is -0.00332. The Hall–Kier alpha value is -2.80. The van der Waals surface area contributed by atoms with Crippen molar-refractivity contribution in [3.63, 3.8) is 0 Å². The summed E-state index contributed by atoms with van der Waals surface area (Å²) < 4.78 is 10.5. The molecule has 3 atom stereocenters. The van der Waals surface area contributed by atoms with E-state index in [0.717, 1.165) is 0 Å². The van der Waals surface area contributed by atoms with Gasteiger partial charge in [-0.1, -0.05) is 24.8 Å². The number of aromatic nitrogens is 2. The van der Waals surface area contributed by atoms with E-state index in [2.05, 4.69) is 16.8 Å². The molecule has 1 aromatic heterocycles. The third kappa shape index (κ3) is 3.06. The predicted octanol–water partition coefficient (Wildman–Crippen LogP) is 1.50. The van der Waals surface area contributed by atoms with Gasteiger partial charge in [0, 0.05) is 23.6 Å². The zero-order valence-electron chi connectivity index (χ0n) is 14.7. The molecular formula is C19H22N2O5. The molecule has 1 aliphatic carbocycles. The van der Waals surface area contributed by atoms with Crippen molar-refractivity contribution >= 4 is 5.97 Å². The van der Waals surface area contributed by atoms with E-state index in [9.17, 15) is 14.7 Å². The highest BCUT2D eigenvalue weighted by Crippen LogP contribution is 2.45. The minimum Gasteiger partial charge on any atom is -0.497 e. The second-order valence-electron chi connectivity index (χ2n) is 6.66. The van der Waals surface area contributed by atoms with Crippen molar-refractivity contribution in [2.75, 3.05) is 13.7 Å². The molecule has 0 fully saturated rings. The number of hydrogen-bond acceptors (Lipinski definition) is 5. The lowest BCUT2D eigenvalue weighted by Gasteiger charge is -2.40. The molecule has 1 aromatic carbocycles. The summed E-state index contributed by atoms with van der Waals surface area (Å²) in [5, 5.41) is 16.4. The number of fused-ring (bicyclic) bond motifs is 1. The van der Waals surface area contributed by atoms with Crippen LogP contribution in [0.25, 0.3) is 0 Å². The molecule has 7 heteroatoms. The third-order valence-corrected chi connectivity index (χ3v) is 4.80. The molecule has 0 saturated carbocycles. The average molecular weight is 358 g/mol. The molecule has 7 nitrogen and oxygen atoms in total. The molecule has 0 saturated heterocycles. The lowest BCUT2D eigenvalue weighted by atomic mass is 9.66. The summed E-state index contributed by atoms with van der Waals surface area (Å²) in [4.78, 5) is 25.2. The first-order valence-electron chi connectivity index (χ1n) is 8.32. The van der Waals surface area contributed by atoms with Gasteiger partial charge in [-0.05, 0) is 24.6 Å². The Bertz CT molecular complexity index is 880. The van der Waals surface area contributed by atoms with Crippen molar-refractivity contribution < 1.29 is 19.4 Å². The minimum atomic E-state index is -1.40. The Kier molecular flexibility index (Phi) is 4.73. The minimum absolute atomic E-state index is 0.0343. The van der Waals surface area contributed by atoms with Gasteiger partial charge in [-0.3, -0.25) is 14.7 Å². The van der Waals surface area contributed by atoms with E-state index >= 15 is 0 Å². The van der Waals surface area contributed by atoms with Gasteiger partial charge in [0.2, 0.25) is 0 Å². The maximum absolute atomic E-state index is 12.8. The Labute approximate surface area is 150 Å². The average Bonchev–Trinajstić information content (AvgIpc) is 2.97. The number of esters is 1. The number of ether oxygens (including phenoxy) is 2. The van der Waals surface area contributed by atoms with E-state index in [1.165, 1.54) is 6.08 Å². The van der Waals surface area contributed by atoms with Gasteiger partial charge in [0.25, 0.3) is 5.56 Å². The maximum atomic E-state index is 12.8. The van der Waals surface area contributed by atoms with Crippen molar-refractivity contribution in [2.45, 2.75) is 24.9 Å². The summed E-state index contributed by atoms with van der Waals surface area (Å²) in [6.07, 6.45) is 1.60. The summed E-state index contributed by atoms with van der Waals surface area (Å²) in [6.45, 7) is 5.15. The fourth-order valence-electron chi connectivity index (χ4n) is 3.68. The number of rotatable bonds is 5. The number of hydrogen-bond donors (Lipinski definition) is 3. The van der Waals surface area contributed by atoms with Crippen LogP contribution in [0.1, 0.15) is 29.7 Å². The summed E-state index contributed by atoms with van der Waals surface area (Å²) in [7, 11) is 1.54. The predicted molar refractivity (Wildman–Crippen MR) is 95.2 cm³/mol. The normalized spacial score (nSPS) is 24.6. The number of carbonyl (C=O) groups is 1. The van der Waals surface area contributed by atoms with Crippen molar-refractivity contribution in [3.8, 4) is 5.75 Å². The van der Waals surface area contributed by atoms with Crippen LogP contribution in [0.15, 0.2) is 41.7 Å². The second kappa shape index (κ2) is 6.84. The summed E-state index contributed by atoms with van der Waals surface area (Å²) >= 11 is 0. The number of methoxy groups -OCH3 is 1. The molecule has 1 heterocycles. The van der Waals surface area contributed by atoms with E-state index in [-0.39, 0.29) is 18.6 Å². The Morgan fingerprint density at radius 2 is 2.23 bits per heavy atom. The zero-order valence-corrected chi connectivity index (χ0v) is 14.7. The largest absolute Gasteiger partial charge is 0.497 e. The van der Waals surface area contributed by atoms with E-state index in [1.807, 2.05) is 0 Å². The van der Waals surface area contributed by atoms with Gasteiger partial charge in [-0.25, -0.2) is 0 Å². The van der Waals surface area contributed by atoms with Crippen LogP contribution in [0.5, 0.6) is 5.75 Å². The molecule has 3 rings (SSSR count). The molecule has 1 aliphatic rings. The summed E-state index contributed by atoms with van der Waals surface area (Å²) in [6, 6.07) is 7.12. The van der Waals surface area contributed by atoms with E-state index < -0.39 is 23.4 Å². The van der Waals surface area contributed by atoms with Crippen molar-refractivity contribution in [2.24, 2.45) is 5.92 Å². The molecule has 138 valence electrons. The second-order valence-corrected chi connectivity index (χ2v) is 6.66. The lowest BCUT2D eigenvalue weighted by molar-refractivity contribution is -0.158. The molecule has 0 aliphatic heterocycles. The van der Waals surface area contributed by atoms with Gasteiger partial charge in [-0.2, -0.15) is 0 Å². The van der Waals surface area contributed by atoms with Crippen LogP contribution < -0.4 is 10.3 Å². The van der Waals surface area contributed by atoms with Gasteiger partial charge >= 0.3 is 5.97 Å². The van der Waals surface area contributed by atoms with Crippen LogP contribution in [0.4, 0.5) is 0 Å². The van der Waals surface area contributed by atoms with Gasteiger partial charge in [0.1, 0.15) is 12.4 Å². The molecule has 0 radical (unpaired) electrons. The highest BCUT2D eigenvalue weighted by atomic mass is 16.5. The van der Waals surface area contributed by atoms with Crippen LogP contribution >= 0.6 is 0 Å². The van der Waals surface area contributed by atoms with Crippen LogP contribution in [0.2, 0.25) is 0 Å². The number of carbonyl (C=O) groups excluding carboxylic acids is 1. The molecule has 26 heavy (non-hydrogen) atoms. The zero-order chi connectivity index (χ0) is 18.9. The van der Waals surface area contributed by atoms with Gasteiger partial charge in [0.05, 0.1) is 18.6 Å². The first kappa shape index (κ1) is 18.0. The van der Waals surface area contributed by atoms with Gasteiger partial charge in [-0.15, -0.1) is 0 Å². The molecule has 0 unspecified atom stereocenters. The number of aromatic amines is 2. The fraction of sp³-hybridized carbons (Fsp3) is 0.368. The highest BCUT2D eigenvalue weighted by molar-refractivity contribution is 5.77. The standard InChI is InChI=1S/C19H22N2O5/c1-4-8-26-18(23)16-14(11-6-5-7-12(9-11)25-3)15-13(10-19(16,2)24)20-21-17(15)22/h4-7,9,14,16,24H,1,8,10H2,2-3H3,(H2,20,21,22)/t14-,16-,19-/m1/s1. The highest BCUT2D eigenvalue weighted by Gasteiger charge is 2.51. The first-order valence-corrected chi connectivity index (χ1v) is 8.32. The first-order chi connectivity index (χ1) is 12.4. The topological polar surface area (TPSA) is 104 Å². The SMILES string of the molecule is C=CCOC(=O)[C@H]1[C@H](c2cccc(OC)c2)c2c([nH][nH]c2=O)C[C@@]1(C)O. The number of H-pyrrole nitrogens is 2. The van der Waals surface area contributed by atoms with E-state index in [1.54, 1.807) is 38.3 Å². The fourth-order valence-corrected chi connectivity index (χ4v) is 3.68. The maximum Gasteiger partial charge on any atom is 0.313 e. The molecule has 2 aromatic rings. The van der Waals surface area contributed by atoms with E-state index in [4.69, 9.17) is 9.47 Å². The lowest BCUT2D eigenvalue weighted by Crippen LogP contribution is -2.50. The monoisotopic (exact) mass is 358 g/mol. The number of aliphatic hydroxyl groups is 1. The molecule has 0 bridgehead atoms. The molecular weight excluding hydrogens is 336 g/mol. The number of benzene rings is 1. The third-order valence-electron chi connectivity index (χ3n) is 4.80. The molecule has 0 amide bonds. The van der Waals surface area contributed by atoms with Crippen LogP contribution in [-0.4, -0.2) is 40.6 Å². The van der Waals surface area contributed by atoms with E-state index in [0.29, 0.717) is 22.6 Å². The van der Waals surface area contributed by atoms with Crippen molar-refractivity contribution in [1.82, 2.24) is 10.2 Å². The van der Waals surface area contributed by atoms with Crippen LogP contribution in [0.3, 0.4) is 0 Å². The van der Waals surface area contributed by atoms with Gasteiger partial charge < -0.3 is 19.7 Å². The van der Waals surface area contributed by atoms with Crippen LogP contribution in [0, 0.1) is 5.92 Å². The molecule has 0 spiro atoms. The van der Waals surface area contributed by atoms with Crippen molar-refractivity contribution in [3.05, 3.63) is 64.1 Å². The Morgan fingerprint density at radius 1 is 1.46 bits per heavy atom. The smallest absolute Gasteiger partial charge is 0.313 e. The quantitative estimate of drug-likeness (QED) is 0.555.